The third-order valence-electron chi connectivity index (χ3n) is 3.02. The molecule has 0 saturated carbocycles. The predicted octanol–water partition coefficient (Wildman–Crippen LogP) is 3.03. The lowest BCUT2D eigenvalue weighted by atomic mass is 10.1. The van der Waals surface area contributed by atoms with Crippen LogP contribution in [0, 0.1) is 0 Å². The van der Waals surface area contributed by atoms with Crippen molar-refractivity contribution in [3.63, 3.8) is 0 Å². The lowest BCUT2D eigenvalue weighted by Gasteiger charge is -2.02. The lowest BCUT2D eigenvalue weighted by molar-refractivity contribution is -0.121. The summed E-state index contributed by atoms with van der Waals surface area (Å²) in [4.78, 5) is 16.0. The molecule has 5 nitrogen and oxygen atoms in total. The van der Waals surface area contributed by atoms with E-state index in [0.29, 0.717) is 18.7 Å². The first-order valence-corrected chi connectivity index (χ1v) is 7.71. The van der Waals surface area contributed by atoms with Crippen LogP contribution in [0.4, 0.5) is 0 Å². The predicted molar refractivity (Wildman–Crippen MR) is 82.3 cm³/mol. The highest BCUT2D eigenvalue weighted by atomic mass is 32.1. The Hall–Kier alpha value is -2.08. The highest BCUT2D eigenvalue weighted by molar-refractivity contribution is 7.09. The molecule has 0 fully saturated rings. The van der Waals surface area contributed by atoms with Crippen LogP contribution in [0.2, 0.25) is 0 Å². The zero-order chi connectivity index (χ0) is 15.2. The molecule has 0 radical (unpaired) electrons. The van der Waals surface area contributed by atoms with Crippen molar-refractivity contribution in [3.8, 4) is 22.8 Å². The van der Waals surface area contributed by atoms with E-state index < -0.39 is 0 Å². The summed E-state index contributed by atoms with van der Waals surface area (Å²) in [5.74, 6) is -0.289. The number of amides is 1. The second-order valence-corrected chi connectivity index (χ2v) is 5.65. The average Bonchev–Trinajstić information content (AvgIpc) is 2.94. The maximum atomic E-state index is 11.5. The Morgan fingerprint density at radius 1 is 1.33 bits per heavy atom. The first kappa shape index (κ1) is 15.3. The topological polar surface area (TPSA) is 82.5 Å². The van der Waals surface area contributed by atoms with Crippen LogP contribution in [0.1, 0.15) is 31.2 Å². The molecule has 6 heteroatoms. The van der Waals surface area contributed by atoms with Crippen molar-refractivity contribution in [3.05, 3.63) is 28.6 Å². The van der Waals surface area contributed by atoms with Gasteiger partial charge < -0.3 is 15.5 Å². The minimum absolute atomic E-state index is 0.0378. The van der Waals surface area contributed by atoms with Crippen LogP contribution < -0.4 is 5.32 Å². The van der Waals surface area contributed by atoms with E-state index in [-0.39, 0.29) is 17.4 Å². The molecule has 2 rings (SSSR count). The molecule has 1 heterocycles. The number of thiazole rings is 1. The number of hydrogen-bond donors (Lipinski definition) is 3. The van der Waals surface area contributed by atoms with Crippen LogP contribution in [0.3, 0.4) is 0 Å². The molecular formula is C15H18N2O3S. The number of nitrogens with one attached hydrogen (secondary N) is 1. The number of aromatic nitrogens is 1. The molecule has 1 aromatic heterocycles. The average molecular weight is 306 g/mol. The fourth-order valence-corrected chi connectivity index (χ4v) is 2.55. The van der Waals surface area contributed by atoms with Crippen molar-refractivity contribution in [1.29, 1.82) is 0 Å². The van der Waals surface area contributed by atoms with Gasteiger partial charge in [-0.3, -0.25) is 4.79 Å². The van der Waals surface area contributed by atoms with Crippen molar-refractivity contribution >= 4 is 17.2 Å². The molecule has 3 N–H and O–H groups in total. The molecule has 0 aliphatic carbocycles. The van der Waals surface area contributed by atoms with Crippen LogP contribution in [0.15, 0.2) is 23.6 Å². The van der Waals surface area contributed by atoms with Crippen molar-refractivity contribution in [1.82, 2.24) is 10.3 Å². The number of benzene rings is 1. The van der Waals surface area contributed by atoms with Crippen LogP contribution in [0.25, 0.3) is 11.3 Å². The molecule has 0 saturated heterocycles. The Balaban J connectivity index is 1.98. The van der Waals surface area contributed by atoms with Gasteiger partial charge in [-0.1, -0.05) is 13.3 Å². The van der Waals surface area contributed by atoms with Crippen molar-refractivity contribution in [2.24, 2.45) is 0 Å². The molecule has 0 unspecified atom stereocenters. The van der Waals surface area contributed by atoms with Gasteiger partial charge in [0.15, 0.2) is 11.5 Å². The smallest absolute Gasteiger partial charge is 0.220 e. The van der Waals surface area contributed by atoms with E-state index >= 15 is 0 Å². The minimum atomic E-state index is -0.171. The second-order valence-electron chi connectivity index (χ2n) is 4.71. The van der Waals surface area contributed by atoms with Gasteiger partial charge in [0, 0.05) is 17.4 Å². The summed E-state index contributed by atoms with van der Waals surface area (Å²) in [5.41, 5.74) is 1.44. The number of carbonyl (C=O) groups is 1. The molecule has 1 amide bonds. The summed E-state index contributed by atoms with van der Waals surface area (Å²) in [7, 11) is 0. The number of unbranched alkanes of at least 4 members (excludes halogenated alkanes) is 1. The van der Waals surface area contributed by atoms with E-state index in [9.17, 15) is 15.0 Å². The molecule has 0 atom stereocenters. The van der Waals surface area contributed by atoms with Crippen molar-refractivity contribution < 1.29 is 15.0 Å². The van der Waals surface area contributed by atoms with Gasteiger partial charge in [0.2, 0.25) is 5.91 Å². The number of aromatic hydroxyl groups is 2. The molecule has 1 aromatic carbocycles. The Kier molecular flexibility index (Phi) is 5.16. The third-order valence-corrected chi connectivity index (χ3v) is 3.87. The summed E-state index contributed by atoms with van der Waals surface area (Å²) >= 11 is 1.45. The van der Waals surface area contributed by atoms with E-state index in [0.717, 1.165) is 23.4 Å². The standard InChI is InChI=1S/C15H18N2O3S/c1-2-3-4-14(20)16-8-15-17-11(9-21-15)10-5-6-12(18)13(19)7-10/h5-7,9,18-19H,2-4,8H2,1H3,(H,16,20). The lowest BCUT2D eigenvalue weighted by Crippen LogP contribution is -2.22. The third kappa shape index (κ3) is 4.19. The van der Waals surface area contributed by atoms with E-state index in [1.54, 1.807) is 6.07 Å². The maximum absolute atomic E-state index is 11.5. The van der Waals surface area contributed by atoms with Gasteiger partial charge in [-0.15, -0.1) is 11.3 Å². The van der Waals surface area contributed by atoms with Crippen molar-refractivity contribution in [2.75, 3.05) is 0 Å². The van der Waals surface area contributed by atoms with Gasteiger partial charge in [-0.2, -0.15) is 0 Å². The van der Waals surface area contributed by atoms with Crippen molar-refractivity contribution in [2.45, 2.75) is 32.7 Å². The summed E-state index contributed by atoms with van der Waals surface area (Å²) < 4.78 is 0. The molecule has 2 aromatic rings. The quantitative estimate of drug-likeness (QED) is 0.716. The molecule has 0 spiro atoms. The molecule has 112 valence electrons. The zero-order valence-electron chi connectivity index (χ0n) is 11.8. The van der Waals surface area contributed by atoms with E-state index in [4.69, 9.17) is 0 Å². The van der Waals surface area contributed by atoms with Crippen LogP contribution in [-0.2, 0) is 11.3 Å². The number of hydrogen-bond acceptors (Lipinski definition) is 5. The number of phenols is 2. The first-order chi connectivity index (χ1) is 10.1. The second kappa shape index (κ2) is 7.08. The van der Waals surface area contributed by atoms with Crippen LogP contribution in [0.5, 0.6) is 11.5 Å². The van der Waals surface area contributed by atoms with E-state index in [1.165, 1.54) is 23.5 Å². The number of phenolic OH excluding ortho intramolecular Hbond substituents is 2. The SMILES string of the molecule is CCCCC(=O)NCc1nc(-c2ccc(O)c(O)c2)cs1. The molecule has 0 bridgehead atoms. The summed E-state index contributed by atoms with van der Waals surface area (Å²) in [6.07, 6.45) is 2.43. The summed E-state index contributed by atoms with van der Waals surface area (Å²) in [5, 5.41) is 24.3. The van der Waals surface area contributed by atoms with Crippen LogP contribution in [-0.4, -0.2) is 21.1 Å². The summed E-state index contributed by atoms with van der Waals surface area (Å²) in [6.45, 7) is 2.46. The Labute approximate surface area is 127 Å². The van der Waals surface area contributed by atoms with Gasteiger partial charge >= 0.3 is 0 Å². The number of rotatable bonds is 6. The fraction of sp³-hybridized carbons (Fsp3) is 0.333. The maximum Gasteiger partial charge on any atom is 0.220 e. The minimum Gasteiger partial charge on any atom is -0.504 e. The number of nitrogens with zero attached hydrogens (tertiary/aromatic N) is 1. The monoisotopic (exact) mass is 306 g/mol. The zero-order valence-corrected chi connectivity index (χ0v) is 12.6. The first-order valence-electron chi connectivity index (χ1n) is 6.83. The highest BCUT2D eigenvalue weighted by Gasteiger charge is 2.08. The summed E-state index contributed by atoms with van der Waals surface area (Å²) in [6, 6.07) is 4.58. The van der Waals surface area contributed by atoms with E-state index in [2.05, 4.69) is 10.3 Å². The van der Waals surface area contributed by atoms with Gasteiger partial charge in [0.1, 0.15) is 5.01 Å². The molecule has 0 aliphatic heterocycles. The van der Waals surface area contributed by atoms with Gasteiger partial charge in [-0.25, -0.2) is 4.98 Å². The Morgan fingerprint density at radius 2 is 2.14 bits per heavy atom. The normalized spacial score (nSPS) is 10.5. The molecule has 21 heavy (non-hydrogen) atoms. The molecular weight excluding hydrogens is 288 g/mol. The van der Waals surface area contributed by atoms with Gasteiger partial charge in [0.05, 0.1) is 12.2 Å². The highest BCUT2D eigenvalue weighted by Crippen LogP contribution is 2.30. The Bertz CT molecular complexity index is 625. The Morgan fingerprint density at radius 3 is 2.86 bits per heavy atom. The van der Waals surface area contributed by atoms with Gasteiger partial charge in [0.25, 0.3) is 0 Å². The fourth-order valence-electron chi connectivity index (χ4n) is 1.81. The molecule has 0 aliphatic rings. The van der Waals surface area contributed by atoms with Crippen LogP contribution >= 0.6 is 11.3 Å². The van der Waals surface area contributed by atoms with E-state index in [1.807, 2.05) is 12.3 Å². The van der Waals surface area contributed by atoms with Gasteiger partial charge in [-0.05, 0) is 24.6 Å². The largest absolute Gasteiger partial charge is 0.504 e. The number of carbonyl (C=O) groups excluding carboxylic acids is 1.